The number of rotatable bonds is 5. The first-order valence-electron chi connectivity index (χ1n) is 9.88. The van der Waals surface area contributed by atoms with Gasteiger partial charge in [-0.3, -0.25) is 0 Å². The number of benzene rings is 3. The van der Waals surface area contributed by atoms with Crippen molar-refractivity contribution in [2.45, 2.75) is 13.2 Å². The number of hydrogen-bond donors (Lipinski definition) is 0. The molecule has 32 heavy (non-hydrogen) atoms. The Labute approximate surface area is 181 Å². The van der Waals surface area contributed by atoms with Gasteiger partial charge in [-0.05, 0) is 47.9 Å². The summed E-state index contributed by atoms with van der Waals surface area (Å²) in [5.41, 5.74) is 1.83. The van der Waals surface area contributed by atoms with Crippen molar-refractivity contribution in [1.82, 2.24) is 0 Å². The second-order valence-corrected chi connectivity index (χ2v) is 7.61. The molecule has 0 spiro atoms. The molecule has 1 aliphatic rings. The van der Waals surface area contributed by atoms with E-state index in [4.69, 9.17) is 14.2 Å². The second kappa shape index (κ2) is 9.26. The molecule has 0 radical (unpaired) electrons. The summed E-state index contributed by atoms with van der Waals surface area (Å²) in [6.07, 6.45) is -0.671. The Kier molecular flexibility index (Phi) is 6.43. The van der Waals surface area contributed by atoms with Crippen molar-refractivity contribution in [3.05, 3.63) is 88.7 Å². The van der Waals surface area contributed by atoms with Crippen molar-refractivity contribution in [2.24, 2.45) is 5.92 Å². The summed E-state index contributed by atoms with van der Waals surface area (Å²) in [5, 5.41) is 0. The Bertz CT molecular complexity index is 1060. The predicted molar refractivity (Wildman–Crippen MR) is 106 cm³/mol. The van der Waals surface area contributed by atoms with Crippen molar-refractivity contribution in [3.63, 3.8) is 0 Å². The Hall–Kier alpha value is -2.97. The molecule has 1 heterocycles. The Morgan fingerprint density at radius 1 is 0.781 bits per heavy atom. The minimum Gasteiger partial charge on any atom is -0.487 e. The van der Waals surface area contributed by atoms with E-state index in [9.17, 15) is 22.0 Å². The van der Waals surface area contributed by atoms with Gasteiger partial charge in [0.25, 0.3) is 0 Å². The van der Waals surface area contributed by atoms with Gasteiger partial charge >= 0.3 is 0 Å². The maximum atomic E-state index is 13.9. The van der Waals surface area contributed by atoms with Crippen LogP contribution in [0.2, 0.25) is 0 Å². The first-order valence-corrected chi connectivity index (χ1v) is 9.88. The van der Waals surface area contributed by atoms with Gasteiger partial charge in [0.1, 0.15) is 0 Å². The monoisotopic (exact) mass is 450 g/mol. The first-order chi connectivity index (χ1) is 15.3. The topological polar surface area (TPSA) is 27.7 Å². The fourth-order valence-corrected chi connectivity index (χ4v) is 3.41. The van der Waals surface area contributed by atoms with Crippen LogP contribution in [0.1, 0.15) is 17.4 Å². The van der Waals surface area contributed by atoms with E-state index in [2.05, 4.69) is 0 Å². The first kappa shape index (κ1) is 22.2. The van der Waals surface area contributed by atoms with Gasteiger partial charge in [0.05, 0.1) is 19.8 Å². The van der Waals surface area contributed by atoms with Crippen LogP contribution in [0.3, 0.4) is 0 Å². The minimum absolute atomic E-state index is 0.0181. The van der Waals surface area contributed by atoms with Gasteiger partial charge in [0.2, 0.25) is 0 Å². The minimum atomic E-state index is -1.51. The highest BCUT2D eigenvalue weighted by Gasteiger charge is 2.25. The third-order valence-electron chi connectivity index (χ3n) is 5.07. The standard InChI is InChI=1S/C24H19F5O3/c1-13-6-20(27)23(21(28)7-13)30-10-14-11-31-24(32-12-14)16-4-2-15(3-5-16)17-8-18(25)22(29)19(26)9-17/h2-9,14,24H,10-12H2,1H3. The van der Waals surface area contributed by atoms with Gasteiger partial charge in [-0.2, -0.15) is 0 Å². The molecule has 0 N–H and O–H groups in total. The van der Waals surface area contributed by atoms with E-state index in [1.165, 1.54) is 12.1 Å². The molecular weight excluding hydrogens is 431 g/mol. The molecule has 0 aliphatic carbocycles. The molecule has 0 atom stereocenters. The third kappa shape index (κ3) is 4.76. The second-order valence-electron chi connectivity index (χ2n) is 7.61. The highest BCUT2D eigenvalue weighted by atomic mass is 19.2. The SMILES string of the molecule is Cc1cc(F)c(OCC2COC(c3ccc(-c4cc(F)c(F)c(F)c4)cc3)OC2)c(F)c1. The Balaban J connectivity index is 1.34. The maximum absolute atomic E-state index is 13.9. The zero-order valence-electron chi connectivity index (χ0n) is 17.0. The van der Waals surface area contributed by atoms with Gasteiger partial charge < -0.3 is 14.2 Å². The number of halogens is 5. The number of ether oxygens (including phenoxy) is 3. The summed E-state index contributed by atoms with van der Waals surface area (Å²) in [6.45, 7) is 2.09. The summed E-state index contributed by atoms with van der Waals surface area (Å²) >= 11 is 0. The van der Waals surface area contributed by atoms with Crippen LogP contribution in [0.15, 0.2) is 48.5 Å². The molecule has 1 saturated heterocycles. The van der Waals surface area contributed by atoms with Gasteiger partial charge in [-0.15, -0.1) is 0 Å². The molecular formula is C24H19F5O3. The molecule has 3 aromatic rings. The summed E-state index contributed by atoms with van der Waals surface area (Å²) < 4.78 is 84.5. The van der Waals surface area contributed by atoms with Crippen molar-refractivity contribution < 1.29 is 36.2 Å². The summed E-state index contributed by atoms with van der Waals surface area (Å²) in [6, 6.07) is 10.8. The summed E-state index contributed by atoms with van der Waals surface area (Å²) in [7, 11) is 0. The molecule has 0 amide bonds. The van der Waals surface area contributed by atoms with E-state index in [0.29, 0.717) is 16.7 Å². The zero-order chi connectivity index (χ0) is 22.8. The van der Waals surface area contributed by atoms with Crippen LogP contribution >= 0.6 is 0 Å². The average molecular weight is 450 g/mol. The van der Waals surface area contributed by atoms with Crippen LogP contribution in [-0.4, -0.2) is 19.8 Å². The van der Waals surface area contributed by atoms with Gasteiger partial charge in [-0.1, -0.05) is 24.3 Å². The molecule has 3 nitrogen and oxygen atoms in total. The molecule has 1 fully saturated rings. The van der Waals surface area contributed by atoms with Crippen molar-refractivity contribution in [2.75, 3.05) is 19.8 Å². The van der Waals surface area contributed by atoms with Gasteiger partial charge in [0, 0.05) is 11.5 Å². The Morgan fingerprint density at radius 3 is 1.91 bits per heavy atom. The normalized spacial score (nSPS) is 18.6. The fourth-order valence-electron chi connectivity index (χ4n) is 3.41. The zero-order valence-corrected chi connectivity index (χ0v) is 17.0. The molecule has 1 aliphatic heterocycles. The molecule has 3 aromatic carbocycles. The van der Waals surface area contributed by atoms with Crippen molar-refractivity contribution >= 4 is 0 Å². The van der Waals surface area contributed by atoms with Gasteiger partial charge in [-0.25, -0.2) is 22.0 Å². The lowest BCUT2D eigenvalue weighted by Crippen LogP contribution is -2.31. The largest absolute Gasteiger partial charge is 0.487 e. The van der Waals surface area contributed by atoms with Gasteiger partial charge in [0.15, 0.2) is 41.1 Å². The van der Waals surface area contributed by atoms with E-state index in [-0.39, 0.29) is 31.3 Å². The van der Waals surface area contributed by atoms with Crippen LogP contribution in [0.5, 0.6) is 5.75 Å². The van der Waals surface area contributed by atoms with E-state index in [0.717, 1.165) is 12.1 Å². The molecule has 0 aromatic heterocycles. The lowest BCUT2D eigenvalue weighted by molar-refractivity contribution is -0.208. The number of aryl methyl sites for hydroxylation is 1. The van der Waals surface area contributed by atoms with E-state index >= 15 is 0 Å². The van der Waals surface area contributed by atoms with Crippen LogP contribution in [0.25, 0.3) is 11.1 Å². The van der Waals surface area contributed by atoms with Crippen LogP contribution in [-0.2, 0) is 9.47 Å². The number of hydrogen-bond acceptors (Lipinski definition) is 3. The molecule has 0 bridgehead atoms. The van der Waals surface area contributed by atoms with Crippen LogP contribution in [0, 0.1) is 41.9 Å². The fraction of sp³-hybridized carbons (Fsp3) is 0.250. The van der Waals surface area contributed by atoms with E-state index < -0.39 is 41.1 Å². The Morgan fingerprint density at radius 2 is 1.34 bits per heavy atom. The molecule has 0 unspecified atom stereocenters. The highest BCUT2D eigenvalue weighted by Crippen LogP contribution is 2.30. The lowest BCUT2D eigenvalue weighted by Gasteiger charge is -2.29. The quantitative estimate of drug-likeness (QED) is 0.347. The average Bonchev–Trinajstić information content (AvgIpc) is 2.77. The third-order valence-corrected chi connectivity index (χ3v) is 5.07. The molecule has 0 saturated carbocycles. The predicted octanol–water partition coefficient (Wildman–Crippen LogP) is 6.10. The van der Waals surface area contributed by atoms with Crippen molar-refractivity contribution in [3.8, 4) is 16.9 Å². The summed E-state index contributed by atoms with van der Waals surface area (Å²) in [5.74, 6) is -6.22. The maximum Gasteiger partial charge on any atom is 0.194 e. The van der Waals surface area contributed by atoms with E-state index in [1.807, 2.05) is 0 Å². The molecule has 4 rings (SSSR count). The van der Waals surface area contributed by atoms with Crippen molar-refractivity contribution in [1.29, 1.82) is 0 Å². The molecule has 8 heteroatoms. The van der Waals surface area contributed by atoms with Crippen LogP contribution < -0.4 is 4.74 Å². The summed E-state index contributed by atoms with van der Waals surface area (Å²) in [4.78, 5) is 0. The smallest absolute Gasteiger partial charge is 0.194 e. The lowest BCUT2D eigenvalue weighted by atomic mass is 10.0. The molecule has 168 valence electrons. The highest BCUT2D eigenvalue weighted by molar-refractivity contribution is 5.64. The van der Waals surface area contributed by atoms with E-state index in [1.54, 1.807) is 31.2 Å². The van der Waals surface area contributed by atoms with Crippen LogP contribution in [0.4, 0.5) is 22.0 Å².